The van der Waals surface area contributed by atoms with E-state index in [0.29, 0.717) is 35.9 Å². The summed E-state index contributed by atoms with van der Waals surface area (Å²) in [6.45, 7) is 1.76. The Morgan fingerprint density at radius 2 is 1.93 bits per heavy atom. The van der Waals surface area contributed by atoms with E-state index in [4.69, 9.17) is 11.6 Å². The second kappa shape index (κ2) is 7.18. The van der Waals surface area contributed by atoms with Gasteiger partial charge >= 0.3 is 0 Å². The van der Waals surface area contributed by atoms with E-state index in [2.05, 4.69) is 0 Å². The highest BCUT2D eigenvalue weighted by molar-refractivity contribution is 6.30. The second-order valence-corrected chi connectivity index (χ2v) is 7.96. The number of carbonyl (C=O) groups is 2. The number of piperazine rings is 1. The molecule has 0 bridgehead atoms. The predicted molar refractivity (Wildman–Crippen MR) is 106 cm³/mol. The minimum atomic E-state index is -0.373. The number of likely N-dealkylation sites (tertiary alicyclic amines) is 1. The van der Waals surface area contributed by atoms with Crippen molar-refractivity contribution in [1.29, 1.82) is 0 Å². The highest BCUT2D eigenvalue weighted by Crippen LogP contribution is 2.34. The van der Waals surface area contributed by atoms with E-state index in [1.807, 2.05) is 16.8 Å². The van der Waals surface area contributed by atoms with Gasteiger partial charge in [0, 0.05) is 35.9 Å². The number of nitrogens with zero attached hydrogens (tertiary/aromatic N) is 3. The van der Waals surface area contributed by atoms with Crippen molar-refractivity contribution in [3.63, 3.8) is 0 Å². The standard InChI is InChI=1S/C21H21ClFN3O2/c1-24-12-19(27)26(18-7-3-6-17(23)11-18)14-21(24)8-9-25(13-21)20(28)15-4-2-5-16(22)10-15/h2-7,10-11H,8-9,12-14H2,1H3/t21-/m0/s1. The van der Waals surface area contributed by atoms with Crippen LogP contribution in [0.5, 0.6) is 0 Å². The van der Waals surface area contributed by atoms with E-state index in [0.717, 1.165) is 6.42 Å². The zero-order valence-electron chi connectivity index (χ0n) is 15.6. The maximum Gasteiger partial charge on any atom is 0.253 e. The van der Waals surface area contributed by atoms with Crippen LogP contribution < -0.4 is 4.90 Å². The Morgan fingerprint density at radius 1 is 1.14 bits per heavy atom. The van der Waals surface area contributed by atoms with Gasteiger partial charge in [-0.2, -0.15) is 0 Å². The van der Waals surface area contributed by atoms with Gasteiger partial charge in [0.15, 0.2) is 0 Å². The van der Waals surface area contributed by atoms with Crippen LogP contribution in [0.2, 0.25) is 5.02 Å². The maximum absolute atomic E-state index is 13.7. The lowest BCUT2D eigenvalue weighted by Crippen LogP contribution is -2.64. The first-order valence-corrected chi connectivity index (χ1v) is 9.58. The SMILES string of the molecule is CN1CC(=O)N(c2cccc(F)c2)C[C@@]12CCN(C(=O)c1cccc(Cl)c1)C2. The first-order chi connectivity index (χ1) is 13.4. The zero-order chi connectivity index (χ0) is 19.9. The number of carbonyl (C=O) groups excluding carboxylic acids is 2. The Hall–Kier alpha value is -2.44. The molecular formula is C21H21ClFN3O2. The molecule has 0 aromatic heterocycles. The van der Waals surface area contributed by atoms with Crippen molar-refractivity contribution in [2.24, 2.45) is 0 Å². The summed E-state index contributed by atoms with van der Waals surface area (Å²) in [5.74, 6) is -0.511. The van der Waals surface area contributed by atoms with Crippen molar-refractivity contribution in [2.75, 3.05) is 38.1 Å². The number of hydrogen-bond donors (Lipinski definition) is 0. The lowest BCUT2D eigenvalue weighted by molar-refractivity contribution is -0.123. The largest absolute Gasteiger partial charge is 0.337 e. The fourth-order valence-electron chi connectivity index (χ4n) is 4.11. The lowest BCUT2D eigenvalue weighted by atomic mass is 9.92. The van der Waals surface area contributed by atoms with Crippen molar-refractivity contribution in [3.05, 3.63) is 64.9 Å². The van der Waals surface area contributed by atoms with Crippen LogP contribution in [0.25, 0.3) is 0 Å². The van der Waals surface area contributed by atoms with Gasteiger partial charge in [-0.1, -0.05) is 23.7 Å². The van der Waals surface area contributed by atoms with Gasteiger partial charge in [-0.25, -0.2) is 4.39 Å². The lowest BCUT2D eigenvalue weighted by Gasteiger charge is -2.46. The molecule has 1 spiro atoms. The van der Waals surface area contributed by atoms with E-state index in [1.165, 1.54) is 12.1 Å². The predicted octanol–water partition coefficient (Wildman–Crippen LogP) is 3.04. The molecule has 5 nitrogen and oxygen atoms in total. The molecule has 2 heterocycles. The number of benzene rings is 2. The molecule has 7 heteroatoms. The van der Waals surface area contributed by atoms with Crippen molar-refractivity contribution in [3.8, 4) is 0 Å². The van der Waals surface area contributed by atoms with E-state index in [9.17, 15) is 14.0 Å². The number of anilines is 1. The van der Waals surface area contributed by atoms with Crippen LogP contribution in [0.15, 0.2) is 48.5 Å². The third-order valence-electron chi connectivity index (χ3n) is 5.75. The molecule has 0 saturated carbocycles. The van der Waals surface area contributed by atoms with Gasteiger partial charge in [-0.3, -0.25) is 14.5 Å². The summed E-state index contributed by atoms with van der Waals surface area (Å²) in [5, 5.41) is 0.525. The van der Waals surface area contributed by atoms with E-state index in [1.54, 1.807) is 41.3 Å². The molecule has 2 saturated heterocycles. The molecule has 0 aliphatic carbocycles. The average molecular weight is 402 g/mol. The summed E-state index contributed by atoms with van der Waals surface area (Å²) in [5.41, 5.74) is 0.757. The van der Waals surface area contributed by atoms with Crippen molar-refractivity contribution < 1.29 is 14.0 Å². The van der Waals surface area contributed by atoms with Gasteiger partial charge in [-0.05, 0) is 49.9 Å². The zero-order valence-corrected chi connectivity index (χ0v) is 16.3. The molecule has 2 aromatic rings. The molecule has 2 fully saturated rings. The van der Waals surface area contributed by atoms with Crippen molar-refractivity contribution in [1.82, 2.24) is 9.80 Å². The number of rotatable bonds is 2. The van der Waals surface area contributed by atoms with Gasteiger partial charge in [0.2, 0.25) is 5.91 Å². The molecule has 0 radical (unpaired) electrons. The quantitative estimate of drug-likeness (QED) is 0.777. The smallest absolute Gasteiger partial charge is 0.253 e. The third-order valence-corrected chi connectivity index (χ3v) is 5.98. The van der Waals surface area contributed by atoms with Crippen molar-refractivity contribution in [2.45, 2.75) is 12.0 Å². The minimum absolute atomic E-state index is 0.0676. The average Bonchev–Trinajstić information content (AvgIpc) is 3.09. The second-order valence-electron chi connectivity index (χ2n) is 7.53. The van der Waals surface area contributed by atoms with E-state index in [-0.39, 0.29) is 29.7 Å². The highest BCUT2D eigenvalue weighted by atomic mass is 35.5. The number of halogens is 2. The summed E-state index contributed by atoms with van der Waals surface area (Å²) < 4.78 is 13.7. The van der Waals surface area contributed by atoms with Crippen LogP contribution >= 0.6 is 11.6 Å². The molecule has 0 N–H and O–H groups in total. The molecule has 1 atom stereocenters. The Balaban J connectivity index is 1.57. The first-order valence-electron chi connectivity index (χ1n) is 9.20. The number of hydrogen-bond acceptors (Lipinski definition) is 3. The summed E-state index contributed by atoms with van der Waals surface area (Å²) in [6.07, 6.45) is 0.745. The maximum atomic E-state index is 13.7. The Kier molecular flexibility index (Phi) is 4.85. The Labute approximate surface area is 168 Å². The Bertz CT molecular complexity index is 937. The molecule has 2 aliphatic rings. The minimum Gasteiger partial charge on any atom is -0.337 e. The van der Waals surface area contributed by atoms with Gasteiger partial charge in [0.25, 0.3) is 5.91 Å². The third kappa shape index (κ3) is 3.38. The molecule has 2 aromatic carbocycles. The Morgan fingerprint density at radius 3 is 2.68 bits per heavy atom. The summed E-state index contributed by atoms with van der Waals surface area (Å²) >= 11 is 6.02. The summed E-state index contributed by atoms with van der Waals surface area (Å²) in [7, 11) is 1.91. The van der Waals surface area contributed by atoms with Crippen molar-refractivity contribution >= 4 is 29.1 Å². The number of amides is 2. The molecule has 28 heavy (non-hydrogen) atoms. The van der Waals surface area contributed by atoms with E-state index < -0.39 is 0 Å². The van der Waals surface area contributed by atoms with Crippen LogP contribution in [0.4, 0.5) is 10.1 Å². The first kappa shape index (κ1) is 18.9. The molecular weight excluding hydrogens is 381 g/mol. The van der Waals surface area contributed by atoms with Gasteiger partial charge in [-0.15, -0.1) is 0 Å². The van der Waals surface area contributed by atoms with Crippen LogP contribution in [0.3, 0.4) is 0 Å². The van der Waals surface area contributed by atoms with E-state index >= 15 is 0 Å². The highest BCUT2D eigenvalue weighted by Gasteiger charge is 2.48. The topological polar surface area (TPSA) is 43.9 Å². The molecule has 146 valence electrons. The number of likely N-dealkylation sites (N-methyl/N-ethyl adjacent to an activating group) is 1. The summed E-state index contributed by atoms with van der Waals surface area (Å²) in [6, 6.07) is 13.0. The molecule has 0 unspecified atom stereocenters. The fraction of sp³-hybridized carbons (Fsp3) is 0.333. The van der Waals surface area contributed by atoms with Crippen LogP contribution in [-0.4, -0.2) is 60.4 Å². The normalized spacial score (nSPS) is 22.9. The van der Waals surface area contributed by atoms with Crippen LogP contribution in [0.1, 0.15) is 16.8 Å². The van der Waals surface area contributed by atoms with Gasteiger partial charge in [0.1, 0.15) is 5.82 Å². The van der Waals surface area contributed by atoms with Gasteiger partial charge in [0.05, 0.1) is 12.1 Å². The van der Waals surface area contributed by atoms with Gasteiger partial charge < -0.3 is 9.80 Å². The van der Waals surface area contributed by atoms with Crippen LogP contribution in [-0.2, 0) is 4.79 Å². The van der Waals surface area contributed by atoms with Crippen LogP contribution in [0, 0.1) is 5.82 Å². The molecule has 2 amide bonds. The molecule has 4 rings (SSSR count). The monoisotopic (exact) mass is 401 g/mol. The summed E-state index contributed by atoms with van der Waals surface area (Å²) in [4.78, 5) is 31.0. The molecule has 2 aliphatic heterocycles. The fourth-order valence-corrected chi connectivity index (χ4v) is 4.30.